The second-order valence-corrected chi connectivity index (χ2v) is 3.47. The highest BCUT2D eigenvalue weighted by molar-refractivity contribution is 5.85. The van der Waals surface area contributed by atoms with Gasteiger partial charge in [-0.05, 0) is 6.08 Å². The average molecular weight is 245 g/mol. The second kappa shape index (κ2) is 7.01. The van der Waals surface area contributed by atoms with Gasteiger partial charge in [0.1, 0.15) is 0 Å². The minimum Gasteiger partial charge on any atom is -0.478 e. The minimum absolute atomic E-state index is 0.558. The standard InChI is InChI=1S/C13H15N3O2/c1-3-7-16(8-4-2)13-14-9-11(10-15-13)5-6-12(17)18/h3-6,9-10H,1-2,7-8H2,(H,17,18)/b6-5+. The van der Waals surface area contributed by atoms with Crippen molar-refractivity contribution in [3.05, 3.63) is 49.3 Å². The summed E-state index contributed by atoms with van der Waals surface area (Å²) in [7, 11) is 0. The number of carbonyl (C=O) groups is 1. The molecule has 94 valence electrons. The minimum atomic E-state index is -1.00. The Morgan fingerprint density at radius 3 is 2.28 bits per heavy atom. The van der Waals surface area contributed by atoms with E-state index in [1.165, 1.54) is 6.08 Å². The molecule has 0 unspecified atom stereocenters. The second-order valence-electron chi connectivity index (χ2n) is 3.47. The van der Waals surface area contributed by atoms with Gasteiger partial charge in [-0.3, -0.25) is 0 Å². The van der Waals surface area contributed by atoms with Crippen LogP contribution in [0.15, 0.2) is 43.8 Å². The van der Waals surface area contributed by atoms with E-state index in [0.29, 0.717) is 24.6 Å². The lowest BCUT2D eigenvalue weighted by molar-refractivity contribution is -0.131. The third-order valence-electron chi connectivity index (χ3n) is 2.06. The van der Waals surface area contributed by atoms with E-state index in [-0.39, 0.29) is 0 Å². The maximum Gasteiger partial charge on any atom is 0.328 e. The molecule has 0 fully saturated rings. The monoisotopic (exact) mass is 245 g/mol. The van der Waals surface area contributed by atoms with Crippen molar-refractivity contribution in [2.24, 2.45) is 0 Å². The molecule has 0 bridgehead atoms. The molecule has 1 N–H and O–H groups in total. The maximum atomic E-state index is 10.4. The Hall–Kier alpha value is -2.43. The van der Waals surface area contributed by atoms with Crippen LogP contribution in [0.25, 0.3) is 6.08 Å². The molecule has 1 aromatic rings. The summed E-state index contributed by atoms with van der Waals surface area (Å²) < 4.78 is 0. The van der Waals surface area contributed by atoms with E-state index in [0.717, 1.165) is 6.08 Å². The first kappa shape index (κ1) is 13.6. The molecule has 0 radical (unpaired) electrons. The van der Waals surface area contributed by atoms with E-state index in [2.05, 4.69) is 23.1 Å². The fraction of sp³-hybridized carbons (Fsp3) is 0.154. The molecule has 0 aliphatic rings. The van der Waals surface area contributed by atoms with Gasteiger partial charge in [-0.25, -0.2) is 14.8 Å². The third-order valence-corrected chi connectivity index (χ3v) is 2.06. The molecule has 0 spiro atoms. The number of aromatic nitrogens is 2. The Morgan fingerprint density at radius 2 is 1.83 bits per heavy atom. The predicted octanol–water partition coefficient (Wildman–Crippen LogP) is 1.75. The number of nitrogens with zero attached hydrogens (tertiary/aromatic N) is 3. The Labute approximate surface area is 106 Å². The molecule has 0 aromatic carbocycles. The number of carboxylic acid groups (broad SMARTS) is 1. The summed E-state index contributed by atoms with van der Waals surface area (Å²) in [5, 5.41) is 8.50. The van der Waals surface area contributed by atoms with Crippen molar-refractivity contribution in [3.8, 4) is 0 Å². The predicted molar refractivity (Wildman–Crippen MR) is 71.3 cm³/mol. The first-order valence-corrected chi connectivity index (χ1v) is 5.37. The van der Waals surface area contributed by atoms with Gasteiger partial charge < -0.3 is 10.0 Å². The van der Waals surface area contributed by atoms with Gasteiger partial charge in [-0.2, -0.15) is 0 Å². The fourth-order valence-corrected chi connectivity index (χ4v) is 1.30. The Morgan fingerprint density at radius 1 is 1.28 bits per heavy atom. The smallest absolute Gasteiger partial charge is 0.328 e. The van der Waals surface area contributed by atoms with Gasteiger partial charge in [0, 0.05) is 37.1 Å². The van der Waals surface area contributed by atoms with Crippen molar-refractivity contribution in [2.45, 2.75) is 0 Å². The summed E-state index contributed by atoms with van der Waals surface area (Å²) >= 11 is 0. The number of anilines is 1. The third kappa shape index (κ3) is 4.21. The van der Waals surface area contributed by atoms with Crippen LogP contribution in [-0.4, -0.2) is 34.1 Å². The molecule has 0 amide bonds. The van der Waals surface area contributed by atoms with Crippen molar-refractivity contribution >= 4 is 18.0 Å². The molecule has 18 heavy (non-hydrogen) atoms. The zero-order chi connectivity index (χ0) is 13.4. The van der Waals surface area contributed by atoms with E-state index >= 15 is 0 Å². The van der Waals surface area contributed by atoms with Gasteiger partial charge in [0.2, 0.25) is 5.95 Å². The molecule has 1 aromatic heterocycles. The SMILES string of the molecule is C=CCN(CC=C)c1ncc(/C=C/C(=O)O)cn1. The molecule has 0 atom stereocenters. The van der Waals surface area contributed by atoms with E-state index in [1.54, 1.807) is 24.5 Å². The maximum absolute atomic E-state index is 10.4. The van der Waals surface area contributed by atoms with Gasteiger partial charge in [-0.15, -0.1) is 13.2 Å². The summed E-state index contributed by atoms with van der Waals surface area (Å²) in [4.78, 5) is 20.6. The summed E-state index contributed by atoms with van der Waals surface area (Å²) in [5.74, 6) is -0.443. The molecule has 0 saturated carbocycles. The summed E-state index contributed by atoms with van der Waals surface area (Å²) in [6, 6.07) is 0. The zero-order valence-corrected chi connectivity index (χ0v) is 9.99. The van der Waals surface area contributed by atoms with Crippen LogP contribution >= 0.6 is 0 Å². The van der Waals surface area contributed by atoms with Crippen molar-refractivity contribution in [1.29, 1.82) is 0 Å². The van der Waals surface area contributed by atoms with E-state index < -0.39 is 5.97 Å². The van der Waals surface area contributed by atoms with E-state index in [1.807, 2.05) is 4.90 Å². The summed E-state index contributed by atoms with van der Waals surface area (Å²) in [6.45, 7) is 8.58. The lowest BCUT2D eigenvalue weighted by Crippen LogP contribution is -2.25. The number of hydrogen-bond acceptors (Lipinski definition) is 4. The van der Waals surface area contributed by atoms with Crippen molar-refractivity contribution in [2.75, 3.05) is 18.0 Å². The van der Waals surface area contributed by atoms with Gasteiger partial charge in [0.25, 0.3) is 0 Å². The van der Waals surface area contributed by atoms with Gasteiger partial charge in [0.15, 0.2) is 0 Å². The van der Waals surface area contributed by atoms with Crippen LogP contribution in [0.1, 0.15) is 5.56 Å². The van der Waals surface area contributed by atoms with Crippen LogP contribution in [0.5, 0.6) is 0 Å². The first-order chi connectivity index (χ1) is 8.67. The number of rotatable bonds is 7. The van der Waals surface area contributed by atoms with Crippen molar-refractivity contribution < 1.29 is 9.90 Å². The zero-order valence-electron chi connectivity index (χ0n) is 9.99. The van der Waals surface area contributed by atoms with Crippen LogP contribution in [0.2, 0.25) is 0 Å². The normalized spacial score (nSPS) is 10.2. The Bertz CT molecular complexity index is 442. The van der Waals surface area contributed by atoms with E-state index in [9.17, 15) is 4.79 Å². The number of aliphatic carboxylic acids is 1. The summed E-state index contributed by atoms with van der Waals surface area (Å²) in [6.07, 6.45) is 9.14. The Kier molecular flexibility index (Phi) is 5.31. The molecule has 5 heteroatoms. The molecule has 0 aliphatic carbocycles. The van der Waals surface area contributed by atoms with Gasteiger partial charge >= 0.3 is 5.97 Å². The van der Waals surface area contributed by atoms with E-state index in [4.69, 9.17) is 5.11 Å². The van der Waals surface area contributed by atoms with Crippen LogP contribution in [-0.2, 0) is 4.79 Å². The largest absolute Gasteiger partial charge is 0.478 e. The Balaban J connectivity index is 2.82. The molecule has 0 saturated heterocycles. The molecular weight excluding hydrogens is 230 g/mol. The fourth-order valence-electron chi connectivity index (χ4n) is 1.30. The van der Waals surface area contributed by atoms with Crippen LogP contribution in [0.4, 0.5) is 5.95 Å². The quantitative estimate of drug-likeness (QED) is 0.585. The number of carboxylic acids is 1. The number of hydrogen-bond donors (Lipinski definition) is 1. The van der Waals surface area contributed by atoms with Gasteiger partial charge in [-0.1, -0.05) is 12.2 Å². The van der Waals surface area contributed by atoms with Crippen LogP contribution in [0, 0.1) is 0 Å². The van der Waals surface area contributed by atoms with Crippen molar-refractivity contribution in [1.82, 2.24) is 9.97 Å². The summed E-state index contributed by atoms with van der Waals surface area (Å²) in [5.41, 5.74) is 0.637. The van der Waals surface area contributed by atoms with Crippen LogP contribution in [0.3, 0.4) is 0 Å². The van der Waals surface area contributed by atoms with Crippen LogP contribution < -0.4 is 4.90 Å². The van der Waals surface area contributed by atoms with Gasteiger partial charge in [0.05, 0.1) is 0 Å². The molecular formula is C13H15N3O2. The highest BCUT2D eigenvalue weighted by atomic mass is 16.4. The lowest BCUT2D eigenvalue weighted by Gasteiger charge is -2.18. The first-order valence-electron chi connectivity index (χ1n) is 5.37. The molecule has 1 heterocycles. The topological polar surface area (TPSA) is 66.3 Å². The molecule has 0 aliphatic heterocycles. The highest BCUT2D eigenvalue weighted by Crippen LogP contribution is 2.08. The average Bonchev–Trinajstić information content (AvgIpc) is 2.37. The molecule has 5 nitrogen and oxygen atoms in total. The molecule has 1 rings (SSSR count). The highest BCUT2D eigenvalue weighted by Gasteiger charge is 2.05. The van der Waals surface area contributed by atoms with Crippen molar-refractivity contribution in [3.63, 3.8) is 0 Å². The lowest BCUT2D eigenvalue weighted by atomic mass is 10.3.